The Kier molecular flexibility index (Phi) is 3.73. The number of hydrogen-bond acceptors (Lipinski definition) is 3. The van der Waals surface area contributed by atoms with Crippen molar-refractivity contribution in [1.82, 2.24) is 5.06 Å². The van der Waals surface area contributed by atoms with Crippen LogP contribution in [0.2, 0.25) is 0 Å². The molecular formula is C11H12FNO3. The number of carbonyl (C=O) groups is 2. The predicted molar refractivity (Wildman–Crippen MR) is 55.2 cm³/mol. The molecule has 1 amide bonds. The summed E-state index contributed by atoms with van der Waals surface area (Å²) in [5, 5.41) is 0.825. The summed E-state index contributed by atoms with van der Waals surface area (Å²) in [6.07, 6.45) is 0. The molecule has 1 aromatic rings. The first-order chi connectivity index (χ1) is 7.47. The van der Waals surface area contributed by atoms with Crippen LogP contribution in [0.4, 0.5) is 4.39 Å². The first kappa shape index (κ1) is 12.3. The van der Waals surface area contributed by atoms with Gasteiger partial charge in [0.15, 0.2) is 0 Å². The fourth-order valence-electron chi connectivity index (χ4n) is 1.22. The van der Waals surface area contributed by atoms with Crippen LogP contribution in [0.1, 0.15) is 15.9 Å². The van der Waals surface area contributed by atoms with Gasteiger partial charge in [-0.25, -0.2) is 9.45 Å². The van der Waals surface area contributed by atoms with Gasteiger partial charge in [0.05, 0.1) is 7.11 Å². The highest BCUT2D eigenvalue weighted by Crippen LogP contribution is 2.11. The normalized spacial score (nSPS) is 10.0. The van der Waals surface area contributed by atoms with Crippen molar-refractivity contribution in [3.05, 3.63) is 35.1 Å². The molecule has 86 valence electrons. The first-order valence-corrected chi connectivity index (χ1v) is 4.60. The Hall–Kier alpha value is -1.75. The van der Waals surface area contributed by atoms with Gasteiger partial charge in [0.25, 0.3) is 5.78 Å². The van der Waals surface area contributed by atoms with Gasteiger partial charge in [0.2, 0.25) is 0 Å². The van der Waals surface area contributed by atoms with Crippen LogP contribution < -0.4 is 0 Å². The highest BCUT2D eigenvalue weighted by atomic mass is 19.1. The number of Topliss-reactive ketones (excluding diaryl/α,β-unsaturated/α-hetero) is 1. The van der Waals surface area contributed by atoms with Crippen LogP contribution in [0.3, 0.4) is 0 Å². The molecule has 0 N–H and O–H groups in total. The van der Waals surface area contributed by atoms with E-state index in [-0.39, 0.29) is 5.56 Å². The van der Waals surface area contributed by atoms with Crippen molar-refractivity contribution in [3.63, 3.8) is 0 Å². The number of ketones is 1. The van der Waals surface area contributed by atoms with Gasteiger partial charge >= 0.3 is 5.91 Å². The van der Waals surface area contributed by atoms with Gasteiger partial charge in [-0.1, -0.05) is 0 Å². The summed E-state index contributed by atoms with van der Waals surface area (Å²) in [4.78, 5) is 27.8. The van der Waals surface area contributed by atoms with E-state index < -0.39 is 17.5 Å². The van der Waals surface area contributed by atoms with Gasteiger partial charge in [-0.3, -0.25) is 14.4 Å². The van der Waals surface area contributed by atoms with Crippen molar-refractivity contribution in [2.45, 2.75) is 6.92 Å². The maximum atomic E-state index is 12.8. The van der Waals surface area contributed by atoms with E-state index in [1.165, 1.54) is 26.3 Å². The molecule has 0 unspecified atom stereocenters. The third-order valence-electron chi connectivity index (χ3n) is 2.19. The van der Waals surface area contributed by atoms with E-state index >= 15 is 0 Å². The van der Waals surface area contributed by atoms with E-state index in [1.54, 1.807) is 6.92 Å². The smallest absolute Gasteiger partial charge is 0.283 e. The molecule has 0 radical (unpaired) electrons. The van der Waals surface area contributed by atoms with Crippen LogP contribution in [0.15, 0.2) is 18.2 Å². The number of carbonyl (C=O) groups excluding carboxylic acids is 2. The van der Waals surface area contributed by atoms with Crippen LogP contribution in [0, 0.1) is 12.7 Å². The monoisotopic (exact) mass is 225 g/mol. The Labute approximate surface area is 92.6 Å². The van der Waals surface area contributed by atoms with Gasteiger partial charge < -0.3 is 0 Å². The second kappa shape index (κ2) is 4.85. The summed E-state index contributed by atoms with van der Waals surface area (Å²) in [7, 11) is 2.61. The number of hydroxylamine groups is 2. The van der Waals surface area contributed by atoms with E-state index in [0.717, 1.165) is 11.1 Å². The SMILES string of the molecule is CON(C)C(=O)C(=O)c1ccc(F)cc1C. The summed E-state index contributed by atoms with van der Waals surface area (Å²) < 4.78 is 12.8. The van der Waals surface area contributed by atoms with E-state index in [0.29, 0.717) is 5.56 Å². The Balaban J connectivity index is 3.01. The molecule has 1 aromatic carbocycles. The molecular weight excluding hydrogens is 213 g/mol. The van der Waals surface area contributed by atoms with Crippen molar-refractivity contribution in [2.75, 3.05) is 14.2 Å². The zero-order chi connectivity index (χ0) is 12.3. The number of aryl methyl sites for hydroxylation is 1. The summed E-state index contributed by atoms with van der Waals surface area (Å²) in [5.41, 5.74) is 0.596. The second-order valence-electron chi connectivity index (χ2n) is 3.27. The van der Waals surface area contributed by atoms with Crippen molar-refractivity contribution in [3.8, 4) is 0 Å². The maximum Gasteiger partial charge on any atom is 0.318 e. The Morgan fingerprint density at radius 2 is 2.00 bits per heavy atom. The third kappa shape index (κ3) is 2.43. The zero-order valence-corrected chi connectivity index (χ0v) is 9.28. The third-order valence-corrected chi connectivity index (χ3v) is 2.19. The molecule has 0 aromatic heterocycles. The van der Waals surface area contributed by atoms with Gasteiger partial charge in [0.1, 0.15) is 5.82 Å². The molecule has 0 bridgehead atoms. The summed E-state index contributed by atoms with van der Waals surface area (Å²) in [6.45, 7) is 1.57. The average molecular weight is 225 g/mol. The van der Waals surface area contributed by atoms with Crippen LogP contribution in [0.5, 0.6) is 0 Å². The lowest BCUT2D eigenvalue weighted by Gasteiger charge is -2.13. The lowest BCUT2D eigenvalue weighted by Crippen LogP contribution is -2.32. The Morgan fingerprint density at radius 1 is 1.38 bits per heavy atom. The van der Waals surface area contributed by atoms with Gasteiger partial charge in [-0.15, -0.1) is 0 Å². The number of halogens is 1. The lowest BCUT2D eigenvalue weighted by molar-refractivity contribution is -0.162. The maximum absolute atomic E-state index is 12.8. The lowest BCUT2D eigenvalue weighted by atomic mass is 10.0. The van der Waals surface area contributed by atoms with Crippen LogP contribution in [-0.2, 0) is 9.63 Å². The van der Waals surface area contributed by atoms with Crippen molar-refractivity contribution < 1.29 is 18.8 Å². The molecule has 4 nitrogen and oxygen atoms in total. The molecule has 0 heterocycles. The fraction of sp³-hybridized carbons (Fsp3) is 0.273. The van der Waals surface area contributed by atoms with Crippen LogP contribution in [0.25, 0.3) is 0 Å². The van der Waals surface area contributed by atoms with E-state index in [2.05, 4.69) is 4.84 Å². The summed E-state index contributed by atoms with van der Waals surface area (Å²) >= 11 is 0. The molecule has 0 saturated heterocycles. The van der Waals surface area contributed by atoms with Crippen molar-refractivity contribution >= 4 is 11.7 Å². The van der Waals surface area contributed by atoms with Gasteiger partial charge in [-0.2, -0.15) is 0 Å². The van der Waals surface area contributed by atoms with Crippen LogP contribution >= 0.6 is 0 Å². The second-order valence-corrected chi connectivity index (χ2v) is 3.27. The molecule has 0 aliphatic heterocycles. The molecule has 5 heteroatoms. The van der Waals surface area contributed by atoms with Crippen molar-refractivity contribution in [1.29, 1.82) is 0 Å². The minimum Gasteiger partial charge on any atom is -0.283 e. The first-order valence-electron chi connectivity index (χ1n) is 4.60. The largest absolute Gasteiger partial charge is 0.318 e. The molecule has 0 aliphatic carbocycles. The topological polar surface area (TPSA) is 46.6 Å². The van der Waals surface area contributed by atoms with Crippen molar-refractivity contribution in [2.24, 2.45) is 0 Å². The number of likely N-dealkylation sites (N-methyl/N-ethyl adjacent to an activating group) is 1. The molecule has 1 rings (SSSR count). The minimum absolute atomic E-state index is 0.176. The summed E-state index contributed by atoms with van der Waals surface area (Å²) in [6, 6.07) is 3.63. The highest BCUT2D eigenvalue weighted by molar-refractivity contribution is 6.42. The fourth-order valence-corrected chi connectivity index (χ4v) is 1.22. The molecule has 0 spiro atoms. The molecule has 16 heavy (non-hydrogen) atoms. The Morgan fingerprint density at radius 3 is 2.50 bits per heavy atom. The van der Waals surface area contributed by atoms with Gasteiger partial charge in [-0.05, 0) is 30.7 Å². The van der Waals surface area contributed by atoms with Crippen LogP contribution in [-0.4, -0.2) is 30.9 Å². The van der Waals surface area contributed by atoms with Gasteiger partial charge in [0, 0.05) is 12.6 Å². The van der Waals surface area contributed by atoms with E-state index in [1.807, 2.05) is 0 Å². The summed E-state index contributed by atoms with van der Waals surface area (Å²) in [5.74, 6) is -1.96. The standard InChI is InChI=1S/C11H12FNO3/c1-7-6-8(12)4-5-9(7)10(14)11(15)13(2)16-3/h4-6H,1-3H3. The number of nitrogens with zero attached hydrogens (tertiary/aromatic N) is 1. The molecule has 0 fully saturated rings. The number of rotatable bonds is 3. The predicted octanol–water partition coefficient (Wildman–Crippen LogP) is 1.34. The zero-order valence-electron chi connectivity index (χ0n) is 9.28. The Bertz CT molecular complexity index is 431. The van der Waals surface area contributed by atoms with E-state index in [4.69, 9.17) is 0 Å². The number of benzene rings is 1. The number of hydrogen-bond donors (Lipinski definition) is 0. The molecule has 0 saturated carbocycles. The van der Waals surface area contributed by atoms with E-state index in [9.17, 15) is 14.0 Å². The minimum atomic E-state index is -0.794. The molecule has 0 atom stereocenters. The number of amides is 1. The average Bonchev–Trinajstić information content (AvgIpc) is 2.26. The quantitative estimate of drug-likeness (QED) is 0.443. The molecule has 0 aliphatic rings. The highest BCUT2D eigenvalue weighted by Gasteiger charge is 2.22.